The summed E-state index contributed by atoms with van der Waals surface area (Å²) >= 11 is 0. The average Bonchev–Trinajstić information content (AvgIpc) is 2.19. The van der Waals surface area contributed by atoms with Gasteiger partial charge in [0.25, 0.3) is 5.91 Å². The first-order valence-electron chi connectivity index (χ1n) is 4.52. The zero-order valence-electron chi connectivity index (χ0n) is 8.38. The summed E-state index contributed by atoms with van der Waals surface area (Å²) in [5.74, 6) is -1.86. The molecule has 0 aliphatic rings. The molecule has 0 spiro atoms. The van der Waals surface area contributed by atoms with Crippen molar-refractivity contribution >= 4 is 18.0 Å². The maximum atomic E-state index is 10.9. The first-order chi connectivity index (χ1) is 7.50. The summed E-state index contributed by atoms with van der Waals surface area (Å²) in [4.78, 5) is 21.2. The molecule has 0 saturated carbocycles. The lowest BCUT2D eigenvalue weighted by atomic mass is 10.1. The Kier molecular flexibility index (Phi) is 3.66. The van der Waals surface area contributed by atoms with Crippen LogP contribution in [0.15, 0.2) is 24.3 Å². The number of carbonyl (C=O) groups excluding carboxylic acids is 1. The van der Waals surface area contributed by atoms with E-state index in [1.165, 1.54) is 18.2 Å². The van der Waals surface area contributed by atoms with Gasteiger partial charge in [0, 0.05) is 0 Å². The standard InChI is InChI=1S/C11H11NO4/c12-11(16)8-6-7(4-5-9(8)13)2-1-3-10(14)15/h1-2,4-6,13H,3H2,(H2,12,16)(H,14,15). The Labute approximate surface area is 91.8 Å². The zero-order valence-corrected chi connectivity index (χ0v) is 8.38. The average molecular weight is 221 g/mol. The number of aromatic hydroxyl groups is 1. The molecule has 1 aromatic rings. The number of phenols is 1. The number of hydrogen-bond acceptors (Lipinski definition) is 3. The quantitative estimate of drug-likeness (QED) is 0.705. The highest BCUT2D eigenvalue weighted by atomic mass is 16.4. The predicted molar refractivity (Wildman–Crippen MR) is 57.9 cm³/mol. The highest BCUT2D eigenvalue weighted by Gasteiger charge is 2.06. The molecule has 0 bridgehead atoms. The lowest BCUT2D eigenvalue weighted by Crippen LogP contribution is -2.11. The third-order valence-corrected chi connectivity index (χ3v) is 1.89. The summed E-state index contributed by atoms with van der Waals surface area (Å²) in [6, 6.07) is 4.29. The maximum Gasteiger partial charge on any atom is 0.307 e. The number of carboxylic acids is 1. The number of primary amides is 1. The van der Waals surface area contributed by atoms with Crippen LogP contribution in [0, 0.1) is 0 Å². The van der Waals surface area contributed by atoms with E-state index < -0.39 is 11.9 Å². The lowest BCUT2D eigenvalue weighted by molar-refractivity contribution is -0.135. The van der Waals surface area contributed by atoms with E-state index in [1.807, 2.05) is 0 Å². The molecule has 0 fully saturated rings. The van der Waals surface area contributed by atoms with Crippen LogP contribution in [0.25, 0.3) is 6.08 Å². The summed E-state index contributed by atoms with van der Waals surface area (Å²) in [6.07, 6.45) is 2.88. The van der Waals surface area contributed by atoms with Crippen LogP contribution in [0.2, 0.25) is 0 Å². The number of aliphatic carboxylic acids is 1. The minimum Gasteiger partial charge on any atom is -0.507 e. The fraction of sp³-hybridized carbons (Fsp3) is 0.0909. The molecule has 0 saturated heterocycles. The smallest absolute Gasteiger partial charge is 0.307 e. The largest absolute Gasteiger partial charge is 0.507 e. The SMILES string of the molecule is NC(=O)c1cc(C=CCC(=O)O)ccc1O. The van der Waals surface area contributed by atoms with Gasteiger partial charge in [0.2, 0.25) is 0 Å². The van der Waals surface area contributed by atoms with Crippen molar-refractivity contribution in [2.45, 2.75) is 6.42 Å². The third-order valence-electron chi connectivity index (χ3n) is 1.89. The number of nitrogens with two attached hydrogens (primary N) is 1. The molecule has 84 valence electrons. The van der Waals surface area contributed by atoms with Crippen molar-refractivity contribution in [3.63, 3.8) is 0 Å². The van der Waals surface area contributed by atoms with E-state index in [1.54, 1.807) is 12.1 Å². The van der Waals surface area contributed by atoms with E-state index in [4.69, 9.17) is 10.8 Å². The predicted octanol–water partition coefficient (Wildman–Crippen LogP) is 0.979. The number of hydrogen-bond donors (Lipinski definition) is 3. The van der Waals surface area contributed by atoms with Crippen LogP contribution in [-0.2, 0) is 4.79 Å². The molecule has 1 rings (SSSR count). The fourth-order valence-electron chi connectivity index (χ4n) is 1.15. The van der Waals surface area contributed by atoms with E-state index in [-0.39, 0.29) is 17.7 Å². The maximum absolute atomic E-state index is 10.9. The highest BCUT2D eigenvalue weighted by Crippen LogP contribution is 2.18. The topological polar surface area (TPSA) is 101 Å². The Hall–Kier alpha value is -2.30. The minimum atomic E-state index is -0.940. The number of benzene rings is 1. The number of carbonyl (C=O) groups is 2. The van der Waals surface area contributed by atoms with Crippen molar-refractivity contribution in [1.82, 2.24) is 0 Å². The van der Waals surface area contributed by atoms with Crippen LogP contribution in [0.4, 0.5) is 0 Å². The molecular weight excluding hydrogens is 210 g/mol. The Morgan fingerprint density at radius 3 is 2.62 bits per heavy atom. The summed E-state index contributed by atoms with van der Waals surface area (Å²) in [5, 5.41) is 17.7. The molecule has 0 heterocycles. The number of rotatable bonds is 4. The fourth-order valence-corrected chi connectivity index (χ4v) is 1.15. The molecule has 0 aliphatic carbocycles. The van der Waals surface area contributed by atoms with Gasteiger partial charge >= 0.3 is 5.97 Å². The van der Waals surface area contributed by atoms with E-state index in [9.17, 15) is 14.7 Å². The van der Waals surface area contributed by atoms with Gasteiger partial charge in [0.05, 0.1) is 12.0 Å². The molecule has 0 atom stereocenters. The molecule has 1 aromatic carbocycles. The van der Waals surface area contributed by atoms with Crippen molar-refractivity contribution in [3.8, 4) is 5.75 Å². The van der Waals surface area contributed by atoms with E-state index >= 15 is 0 Å². The summed E-state index contributed by atoms with van der Waals surface area (Å²) < 4.78 is 0. The summed E-state index contributed by atoms with van der Waals surface area (Å²) in [6.45, 7) is 0. The second-order valence-electron chi connectivity index (χ2n) is 3.14. The third kappa shape index (κ3) is 3.13. The van der Waals surface area contributed by atoms with Gasteiger partial charge in [-0.15, -0.1) is 0 Å². The highest BCUT2D eigenvalue weighted by molar-refractivity contribution is 5.96. The van der Waals surface area contributed by atoms with Crippen LogP contribution in [0.5, 0.6) is 5.75 Å². The molecule has 16 heavy (non-hydrogen) atoms. The van der Waals surface area contributed by atoms with Crippen LogP contribution >= 0.6 is 0 Å². The van der Waals surface area contributed by atoms with Gasteiger partial charge < -0.3 is 15.9 Å². The second kappa shape index (κ2) is 4.97. The Morgan fingerprint density at radius 1 is 1.38 bits per heavy atom. The minimum absolute atomic E-state index is 0.0116. The molecular formula is C11H11NO4. The number of amides is 1. The van der Waals surface area contributed by atoms with Gasteiger partial charge in [-0.1, -0.05) is 18.2 Å². The Morgan fingerprint density at radius 2 is 2.06 bits per heavy atom. The Balaban J connectivity index is 2.91. The zero-order chi connectivity index (χ0) is 12.1. The van der Waals surface area contributed by atoms with Crippen molar-refractivity contribution in [2.24, 2.45) is 5.73 Å². The first kappa shape index (κ1) is 11.8. The van der Waals surface area contributed by atoms with Gasteiger partial charge in [-0.25, -0.2) is 0 Å². The van der Waals surface area contributed by atoms with E-state index in [0.717, 1.165) is 0 Å². The van der Waals surface area contributed by atoms with Gasteiger partial charge in [0.1, 0.15) is 5.75 Å². The van der Waals surface area contributed by atoms with Crippen molar-refractivity contribution in [3.05, 3.63) is 35.4 Å². The van der Waals surface area contributed by atoms with Gasteiger partial charge in [-0.3, -0.25) is 9.59 Å². The van der Waals surface area contributed by atoms with Gasteiger partial charge in [-0.2, -0.15) is 0 Å². The summed E-state index contributed by atoms with van der Waals surface area (Å²) in [5.41, 5.74) is 5.66. The molecule has 5 nitrogen and oxygen atoms in total. The van der Waals surface area contributed by atoms with Crippen molar-refractivity contribution < 1.29 is 19.8 Å². The van der Waals surface area contributed by atoms with Crippen molar-refractivity contribution in [2.75, 3.05) is 0 Å². The monoisotopic (exact) mass is 221 g/mol. The van der Waals surface area contributed by atoms with Crippen LogP contribution < -0.4 is 5.73 Å². The van der Waals surface area contributed by atoms with E-state index in [2.05, 4.69) is 0 Å². The molecule has 1 amide bonds. The van der Waals surface area contributed by atoms with Gasteiger partial charge in [-0.05, 0) is 17.7 Å². The molecule has 0 radical (unpaired) electrons. The number of carboxylic acid groups (broad SMARTS) is 1. The summed E-state index contributed by atoms with van der Waals surface area (Å²) in [7, 11) is 0. The molecule has 4 N–H and O–H groups in total. The Bertz CT molecular complexity index is 451. The first-order valence-corrected chi connectivity index (χ1v) is 4.52. The van der Waals surface area contributed by atoms with Crippen molar-refractivity contribution in [1.29, 1.82) is 0 Å². The van der Waals surface area contributed by atoms with E-state index in [0.29, 0.717) is 5.56 Å². The molecule has 0 aliphatic heterocycles. The molecule has 5 heteroatoms. The van der Waals surface area contributed by atoms with Crippen LogP contribution in [0.3, 0.4) is 0 Å². The van der Waals surface area contributed by atoms with Crippen LogP contribution in [-0.4, -0.2) is 22.1 Å². The molecule has 0 unspecified atom stereocenters. The van der Waals surface area contributed by atoms with Gasteiger partial charge in [0.15, 0.2) is 0 Å². The molecule has 0 aromatic heterocycles. The second-order valence-corrected chi connectivity index (χ2v) is 3.14. The normalized spacial score (nSPS) is 10.5. The lowest BCUT2D eigenvalue weighted by Gasteiger charge is -2.01. The van der Waals surface area contributed by atoms with Crippen LogP contribution in [0.1, 0.15) is 22.3 Å².